The molecule has 1 N–H and O–H groups in total. The molecule has 0 bridgehead atoms. The molecule has 29 heavy (non-hydrogen) atoms. The molecule has 0 fully saturated rings. The Balaban J connectivity index is 1.56. The van der Waals surface area contributed by atoms with Crippen molar-refractivity contribution in [2.45, 2.75) is 27.7 Å². The van der Waals surface area contributed by atoms with Crippen molar-refractivity contribution in [1.82, 2.24) is 9.99 Å². The predicted octanol–water partition coefficient (Wildman–Crippen LogP) is 5.22. The molecule has 2 heterocycles. The average Bonchev–Trinajstić information content (AvgIpc) is 3.25. The van der Waals surface area contributed by atoms with Crippen molar-refractivity contribution in [3.63, 3.8) is 0 Å². The molecule has 5 heteroatoms. The summed E-state index contributed by atoms with van der Waals surface area (Å²) in [6.07, 6.45) is 1.67. The van der Waals surface area contributed by atoms with Gasteiger partial charge in [-0.1, -0.05) is 30.3 Å². The Morgan fingerprint density at radius 2 is 1.83 bits per heavy atom. The van der Waals surface area contributed by atoms with Crippen LogP contribution in [0.1, 0.15) is 38.6 Å². The molecule has 5 nitrogen and oxygen atoms in total. The topological polar surface area (TPSA) is 59.5 Å². The van der Waals surface area contributed by atoms with Gasteiger partial charge in [0.05, 0.1) is 6.21 Å². The summed E-state index contributed by atoms with van der Waals surface area (Å²) < 4.78 is 7.78. The number of para-hydroxylation sites is 1. The molecular weight excluding hydrogens is 362 g/mol. The molecule has 0 saturated carbocycles. The zero-order valence-electron chi connectivity index (χ0n) is 17.0. The highest BCUT2D eigenvalue weighted by atomic mass is 16.3. The molecule has 0 radical (unpaired) electrons. The second-order valence-electron chi connectivity index (χ2n) is 7.23. The molecule has 0 saturated heterocycles. The van der Waals surface area contributed by atoms with Crippen LogP contribution in [0.3, 0.4) is 0 Å². The highest BCUT2D eigenvalue weighted by Gasteiger charge is 2.13. The lowest BCUT2D eigenvalue weighted by atomic mass is 10.1. The second-order valence-corrected chi connectivity index (χ2v) is 7.23. The van der Waals surface area contributed by atoms with Gasteiger partial charge in [0.15, 0.2) is 5.76 Å². The van der Waals surface area contributed by atoms with E-state index in [4.69, 9.17) is 4.42 Å². The Hall–Kier alpha value is -3.60. The molecule has 0 aliphatic heterocycles. The third-order valence-corrected chi connectivity index (χ3v) is 5.31. The number of benzene rings is 2. The molecule has 4 aromatic rings. The van der Waals surface area contributed by atoms with Crippen LogP contribution in [0.25, 0.3) is 16.7 Å². The minimum Gasteiger partial charge on any atom is -0.451 e. The van der Waals surface area contributed by atoms with Gasteiger partial charge < -0.3 is 8.98 Å². The Bertz CT molecular complexity index is 1210. The van der Waals surface area contributed by atoms with Gasteiger partial charge in [-0.25, -0.2) is 5.43 Å². The predicted molar refractivity (Wildman–Crippen MR) is 116 cm³/mol. The van der Waals surface area contributed by atoms with Gasteiger partial charge >= 0.3 is 5.91 Å². The fraction of sp³-hybridized carbons (Fsp3) is 0.167. The molecule has 1 amide bonds. The quantitative estimate of drug-likeness (QED) is 0.387. The summed E-state index contributed by atoms with van der Waals surface area (Å²) in [6.45, 7) is 8.37. The summed E-state index contributed by atoms with van der Waals surface area (Å²) in [4.78, 5) is 12.3. The first kappa shape index (κ1) is 18.7. The molecule has 4 rings (SSSR count). The maximum atomic E-state index is 12.3. The maximum Gasteiger partial charge on any atom is 0.307 e. The summed E-state index contributed by atoms with van der Waals surface area (Å²) in [5.41, 5.74) is 10.0. The van der Waals surface area contributed by atoms with Gasteiger partial charge in [0.2, 0.25) is 0 Å². The number of nitrogens with one attached hydrogen (secondary N) is 1. The Morgan fingerprint density at radius 1 is 1.03 bits per heavy atom. The number of hydrazone groups is 1. The molecular formula is C24H23N3O2. The van der Waals surface area contributed by atoms with E-state index in [1.807, 2.05) is 24.3 Å². The molecule has 0 aliphatic rings. The van der Waals surface area contributed by atoms with E-state index in [2.05, 4.69) is 67.1 Å². The van der Waals surface area contributed by atoms with Gasteiger partial charge in [-0.05, 0) is 63.1 Å². The summed E-state index contributed by atoms with van der Waals surface area (Å²) in [7, 11) is 0. The van der Waals surface area contributed by atoms with Crippen LogP contribution in [0, 0.1) is 27.7 Å². The zero-order chi connectivity index (χ0) is 20.5. The van der Waals surface area contributed by atoms with Crippen molar-refractivity contribution in [3.8, 4) is 5.69 Å². The van der Waals surface area contributed by atoms with E-state index in [-0.39, 0.29) is 11.7 Å². The minimum absolute atomic E-state index is 0.240. The molecule has 0 aliphatic carbocycles. The Morgan fingerprint density at radius 3 is 2.62 bits per heavy atom. The van der Waals surface area contributed by atoms with Crippen LogP contribution in [-0.2, 0) is 0 Å². The average molecular weight is 385 g/mol. The minimum atomic E-state index is -0.374. The van der Waals surface area contributed by atoms with Crippen molar-refractivity contribution in [2.75, 3.05) is 0 Å². The summed E-state index contributed by atoms with van der Waals surface area (Å²) in [5, 5.41) is 5.03. The molecule has 0 unspecified atom stereocenters. The van der Waals surface area contributed by atoms with E-state index in [1.54, 1.807) is 12.3 Å². The molecule has 2 aromatic heterocycles. The van der Waals surface area contributed by atoms with Crippen LogP contribution in [0.15, 0.2) is 64.1 Å². The van der Waals surface area contributed by atoms with Crippen LogP contribution >= 0.6 is 0 Å². The number of aromatic nitrogens is 1. The van der Waals surface area contributed by atoms with Crippen LogP contribution in [0.2, 0.25) is 0 Å². The van der Waals surface area contributed by atoms with Gasteiger partial charge in [0, 0.05) is 28.0 Å². The van der Waals surface area contributed by atoms with Crippen LogP contribution in [0.5, 0.6) is 0 Å². The number of hydrogen-bond donors (Lipinski definition) is 1. The number of furan rings is 1. The largest absolute Gasteiger partial charge is 0.451 e. The van der Waals surface area contributed by atoms with Crippen molar-refractivity contribution in [1.29, 1.82) is 0 Å². The maximum absolute atomic E-state index is 12.3. The van der Waals surface area contributed by atoms with Crippen molar-refractivity contribution >= 4 is 23.1 Å². The lowest BCUT2D eigenvalue weighted by Gasteiger charge is -2.14. The molecule has 146 valence electrons. The molecule has 0 atom stereocenters. The SMILES string of the molecule is Cc1cccc(-n2c(C)cc(/C=N/NC(=O)c3cc4ccccc4o3)c2C)c1C. The number of hydrogen-bond acceptors (Lipinski definition) is 3. The molecule has 2 aromatic carbocycles. The first-order chi connectivity index (χ1) is 14.0. The van der Waals surface area contributed by atoms with E-state index < -0.39 is 0 Å². The highest BCUT2D eigenvalue weighted by molar-refractivity contribution is 5.96. The Kier molecular flexibility index (Phi) is 4.80. The smallest absolute Gasteiger partial charge is 0.307 e. The van der Waals surface area contributed by atoms with Gasteiger partial charge in [-0.3, -0.25) is 4.79 Å². The number of amides is 1. The molecule has 0 spiro atoms. The number of aryl methyl sites for hydroxylation is 2. The number of carbonyl (C=O) groups is 1. The standard InChI is InChI=1S/C24H23N3O2/c1-15-8-7-10-21(17(15)3)27-16(2)12-20(18(27)4)14-25-26-24(28)23-13-19-9-5-6-11-22(19)29-23/h5-14H,1-4H3,(H,26,28)/b25-14+. The van der Waals surface area contributed by atoms with Crippen molar-refractivity contribution in [3.05, 3.63) is 88.4 Å². The van der Waals surface area contributed by atoms with Crippen LogP contribution in [-0.4, -0.2) is 16.7 Å². The summed E-state index contributed by atoms with van der Waals surface area (Å²) >= 11 is 0. The summed E-state index contributed by atoms with van der Waals surface area (Å²) in [5.74, 6) is -0.134. The van der Waals surface area contributed by atoms with Gasteiger partial charge in [0.25, 0.3) is 0 Å². The van der Waals surface area contributed by atoms with Gasteiger partial charge in [-0.2, -0.15) is 5.10 Å². The van der Waals surface area contributed by atoms with E-state index in [1.165, 1.54) is 11.1 Å². The fourth-order valence-electron chi connectivity index (χ4n) is 3.58. The van der Waals surface area contributed by atoms with Gasteiger partial charge in [0.1, 0.15) is 5.58 Å². The number of fused-ring (bicyclic) bond motifs is 1. The summed E-state index contributed by atoms with van der Waals surface area (Å²) in [6, 6.07) is 17.6. The third kappa shape index (κ3) is 3.47. The highest BCUT2D eigenvalue weighted by Crippen LogP contribution is 2.24. The lowest BCUT2D eigenvalue weighted by Crippen LogP contribution is -2.16. The number of carbonyl (C=O) groups excluding carboxylic acids is 1. The Labute approximate surface area is 169 Å². The van der Waals surface area contributed by atoms with Crippen molar-refractivity contribution in [2.24, 2.45) is 5.10 Å². The monoisotopic (exact) mass is 385 g/mol. The first-order valence-electron chi connectivity index (χ1n) is 9.53. The van der Waals surface area contributed by atoms with Crippen LogP contribution in [0.4, 0.5) is 0 Å². The third-order valence-electron chi connectivity index (χ3n) is 5.31. The van der Waals surface area contributed by atoms with Crippen molar-refractivity contribution < 1.29 is 9.21 Å². The number of nitrogens with zero attached hydrogens (tertiary/aromatic N) is 2. The zero-order valence-corrected chi connectivity index (χ0v) is 17.0. The van der Waals surface area contributed by atoms with E-state index in [9.17, 15) is 4.79 Å². The first-order valence-corrected chi connectivity index (χ1v) is 9.53. The fourth-order valence-corrected chi connectivity index (χ4v) is 3.58. The second kappa shape index (κ2) is 7.43. The van der Waals surface area contributed by atoms with E-state index >= 15 is 0 Å². The van der Waals surface area contributed by atoms with E-state index in [0.29, 0.717) is 5.58 Å². The van der Waals surface area contributed by atoms with E-state index in [0.717, 1.165) is 28.0 Å². The number of rotatable bonds is 4. The van der Waals surface area contributed by atoms with Crippen LogP contribution < -0.4 is 5.43 Å². The normalized spacial score (nSPS) is 11.4. The lowest BCUT2D eigenvalue weighted by molar-refractivity contribution is 0.0929. The van der Waals surface area contributed by atoms with Gasteiger partial charge in [-0.15, -0.1) is 0 Å².